The lowest BCUT2D eigenvalue weighted by Gasteiger charge is -2.23. The zero-order valence-corrected chi connectivity index (χ0v) is 22.4. The molecule has 0 spiro atoms. The summed E-state index contributed by atoms with van der Waals surface area (Å²) in [7, 11) is 0. The highest BCUT2D eigenvalue weighted by atomic mass is 19.1. The van der Waals surface area contributed by atoms with Gasteiger partial charge < -0.3 is 24.8 Å². The lowest BCUT2D eigenvalue weighted by atomic mass is 10.1. The van der Waals surface area contributed by atoms with E-state index in [9.17, 15) is 19.1 Å². The van der Waals surface area contributed by atoms with Gasteiger partial charge in [-0.3, -0.25) is 0 Å². The predicted molar refractivity (Wildman–Crippen MR) is 149 cm³/mol. The normalized spacial score (nSPS) is 11.5. The van der Waals surface area contributed by atoms with Crippen LogP contribution < -0.4 is 10.1 Å². The monoisotopic (exact) mass is 536 g/mol. The summed E-state index contributed by atoms with van der Waals surface area (Å²) in [4.78, 5) is 26.0. The molecular weight excluding hydrogens is 499 g/mol. The van der Waals surface area contributed by atoms with Crippen LogP contribution in [0.4, 0.5) is 9.18 Å². The molecule has 3 aromatic carbocycles. The Morgan fingerprint density at radius 1 is 0.897 bits per heavy atom. The average molecular weight is 537 g/mol. The third-order valence-electron chi connectivity index (χ3n) is 6.24. The Morgan fingerprint density at radius 2 is 1.56 bits per heavy atom. The number of halogens is 1. The van der Waals surface area contributed by atoms with E-state index in [-0.39, 0.29) is 18.3 Å². The molecule has 208 valence electrons. The van der Waals surface area contributed by atoms with E-state index in [2.05, 4.69) is 5.32 Å². The molecule has 0 saturated carbocycles. The van der Waals surface area contributed by atoms with Gasteiger partial charge >= 0.3 is 12.0 Å². The maximum Gasteiger partial charge on any atom is 0.333 e. The van der Waals surface area contributed by atoms with Gasteiger partial charge in [0.25, 0.3) is 0 Å². The van der Waals surface area contributed by atoms with E-state index in [1.54, 1.807) is 36.1 Å². The number of benzene rings is 3. The van der Waals surface area contributed by atoms with Crippen molar-refractivity contribution in [1.82, 2.24) is 10.2 Å². The SMILES string of the molecule is CCOC(Cc1ccc(OCCN(CCCc2ccc(F)cc2)C(=O)NCCc2ccccc2)cc1)C(=O)O. The molecule has 1 unspecified atom stereocenters. The summed E-state index contributed by atoms with van der Waals surface area (Å²) < 4.78 is 24.4. The van der Waals surface area contributed by atoms with E-state index in [1.807, 2.05) is 42.5 Å². The standard InChI is InChI=1S/C31H37FN2O5/c1-2-38-29(30(35)36)23-26-12-16-28(17-13-26)39-22-21-34(20-6-9-25-10-14-27(32)15-11-25)31(37)33-19-18-24-7-4-3-5-8-24/h3-5,7-8,10-17,29H,2,6,9,18-23H2,1H3,(H,33,37)(H,35,36). The Balaban J connectivity index is 1.51. The predicted octanol–water partition coefficient (Wildman–Crippen LogP) is 5.12. The van der Waals surface area contributed by atoms with Crippen molar-refractivity contribution in [3.63, 3.8) is 0 Å². The first-order chi connectivity index (χ1) is 18.9. The first-order valence-electron chi connectivity index (χ1n) is 13.3. The van der Waals surface area contributed by atoms with Gasteiger partial charge in [-0.15, -0.1) is 0 Å². The van der Waals surface area contributed by atoms with Crippen LogP contribution in [0, 0.1) is 5.82 Å². The maximum absolute atomic E-state index is 13.2. The van der Waals surface area contributed by atoms with Crippen molar-refractivity contribution in [3.05, 3.63) is 101 Å². The second kappa shape index (κ2) is 16.1. The van der Waals surface area contributed by atoms with E-state index in [0.717, 1.165) is 36.0 Å². The van der Waals surface area contributed by atoms with Gasteiger partial charge in [-0.2, -0.15) is 0 Å². The van der Waals surface area contributed by atoms with Gasteiger partial charge in [0.2, 0.25) is 0 Å². The van der Waals surface area contributed by atoms with Crippen molar-refractivity contribution in [2.75, 3.05) is 32.8 Å². The minimum atomic E-state index is -0.987. The number of ether oxygens (including phenoxy) is 2. The van der Waals surface area contributed by atoms with Crippen LogP contribution >= 0.6 is 0 Å². The van der Waals surface area contributed by atoms with Crippen LogP contribution in [0.25, 0.3) is 0 Å². The van der Waals surface area contributed by atoms with Gasteiger partial charge in [0.1, 0.15) is 18.2 Å². The number of nitrogens with zero attached hydrogens (tertiary/aromatic N) is 1. The van der Waals surface area contributed by atoms with Crippen molar-refractivity contribution in [1.29, 1.82) is 0 Å². The van der Waals surface area contributed by atoms with Crippen LogP contribution in [0.5, 0.6) is 5.75 Å². The van der Waals surface area contributed by atoms with Gasteiger partial charge in [-0.25, -0.2) is 14.0 Å². The molecule has 0 aliphatic heterocycles. The number of nitrogens with one attached hydrogen (secondary N) is 1. The van der Waals surface area contributed by atoms with Crippen molar-refractivity contribution >= 4 is 12.0 Å². The second-order valence-electron chi connectivity index (χ2n) is 9.16. The highest BCUT2D eigenvalue weighted by Crippen LogP contribution is 2.15. The molecule has 0 fully saturated rings. The smallest absolute Gasteiger partial charge is 0.333 e. The largest absolute Gasteiger partial charge is 0.492 e. The molecule has 0 radical (unpaired) electrons. The van der Waals surface area contributed by atoms with E-state index >= 15 is 0 Å². The highest BCUT2D eigenvalue weighted by molar-refractivity contribution is 5.74. The Kier molecular flexibility index (Phi) is 12.3. The van der Waals surface area contributed by atoms with Crippen molar-refractivity contribution in [2.45, 2.75) is 38.7 Å². The Bertz CT molecular complexity index is 1140. The van der Waals surface area contributed by atoms with Crippen molar-refractivity contribution in [3.8, 4) is 5.75 Å². The van der Waals surface area contributed by atoms with Crippen molar-refractivity contribution < 1.29 is 28.6 Å². The minimum absolute atomic E-state index is 0.153. The molecule has 0 saturated heterocycles. The number of hydrogen-bond donors (Lipinski definition) is 2. The molecule has 7 nitrogen and oxygen atoms in total. The Labute approximate surface area is 229 Å². The lowest BCUT2D eigenvalue weighted by Crippen LogP contribution is -2.43. The summed E-state index contributed by atoms with van der Waals surface area (Å²) in [6.07, 6.45) is 1.59. The molecule has 3 rings (SSSR count). The molecule has 1 atom stereocenters. The number of carboxylic acid groups (broad SMARTS) is 1. The van der Waals surface area contributed by atoms with E-state index in [1.165, 1.54) is 12.1 Å². The number of hydrogen-bond acceptors (Lipinski definition) is 4. The molecule has 3 aromatic rings. The fourth-order valence-electron chi connectivity index (χ4n) is 4.14. The molecule has 8 heteroatoms. The molecule has 0 aromatic heterocycles. The van der Waals surface area contributed by atoms with Crippen LogP contribution in [0.2, 0.25) is 0 Å². The molecule has 2 amide bonds. The summed E-state index contributed by atoms with van der Waals surface area (Å²) in [5.41, 5.74) is 3.01. The first-order valence-corrected chi connectivity index (χ1v) is 13.3. The molecule has 0 aliphatic carbocycles. The lowest BCUT2D eigenvalue weighted by molar-refractivity contribution is -0.149. The van der Waals surface area contributed by atoms with Crippen LogP contribution in [-0.4, -0.2) is 61.0 Å². The number of amides is 2. The third kappa shape index (κ3) is 10.8. The first kappa shape index (κ1) is 29.6. The maximum atomic E-state index is 13.2. The van der Waals surface area contributed by atoms with Gasteiger partial charge in [-0.05, 0) is 67.1 Å². The van der Waals surface area contributed by atoms with Crippen LogP contribution in [-0.2, 0) is 28.8 Å². The van der Waals surface area contributed by atoms with E-state index in [4.69, 9.17) is 9.47 Å². The van der Waals surface area contributed by atoms with Crippen LogP contribution in [0.3, 0.4) is 0 Å². The summed E-state index contributed by atoms with van der Waals surface area (Å²) in [6, 6.07) is 23.5. The van der Waals surface area contributed by atoms with Gasteiger partial charge in [-0.1, -0.05) is 54.6 Å². The van der Waals surface area contributed by atoms with Crippen LogP contribution in [0.15, 0.2) is 78.9 Å². The summed E-state index contributed by atoms with van der Waals surface area (Å²) in [6.45, 7) is 3.86. The van der Waals surface area contributed by atoms with E-state index in [0.29, 0.717) is 38.6 Å². The van der Waals surface area contributed by atoms with Gasteiger partial charge in [0.15, 0.2) is 6.10 Å². The molecule has 0 bridgehead atoms. The van der Waals surface area contributed by atoms with Gasteiger partial charge in [0, 0.05) is 26.1 Å². The fraction of sp³-hybridized carbons (Fsp3) is 0.355. The zero-order chi connectivity index (χ0) is 27.9. The highest BCUT2D eigenvalue weighted by Gasteiger charge is 2.18. The number of carbonyl (C=O) groups is 2. The molecule has 0 aliphatic rings. The van der Waals surface area contributed by atoms with Crippen molar-refractivity contribution in [2.24, 2.45) is 0 Å². The Morgan fingerprint density at radius 3 is 2.23 bits per heavy atom. The third-order valence-corrected chi connectivity index (χ3v) is 6.24. The van der Waals surface area contributed by atoms with Gasteiger partial charge in [0.05, 0.1) is 6.54 Å². The second-order valence-corrected chi connectivity index (χ2v) is 9.16. The summed E-state index contributed by atoms with van der Waals surface area (Å²) in [5.74, 6) is -0.615. The summed E-state index contributed by atoms with van der Waals surface area (Å²) >= 11 is 0. The molecule has 2 N–H and O–H groups in total. The molecule has 0 heterocycles. The number of carboxylic acids is 1. The molecule has 39 heavy (non-hydrogen) atoms. The topological polar surface area (TPSA) is 88.1 Å². The Hall–Kier alpha value is -3.91. The number of urea groups is 1. The number of carbonyl (C=O) groups excluding carboxylic acids is 1. The minimum Gasteiger partial charge on any atom is -0.492 e. The molecular formula is C31H37FN2O5. The summed E-state index contributed by atoms with van der Waals surface area (Å²) in [5, 5.41) is 12.3. The van der Waals surface area contributed by atoms with Crippen LogP contribution in [0.1, 0.15) is 30.0 Å². The fourth-order valence-corrected chi connectivity index (χ4v) is 4.14. The number of aliphatic carboxylic acids is 1. The number of aryl methyl sites for hydroxylation is 1. The van der Waals surface area contributed by atoms with E-state index < -0.39 is 12.1 Å². The average Bonchev–Trinajstić information content (AvgIpc) is 2.94. The quantitative estimate of drug-likeness (QED) is 0.265. The zero-order valence-electron chi connectivity index (χ0n) is 22.4. The number of rotatable bonds is 16.